The van der Waals surface area contributed by atoms with Crippen LogP contribution in [0.4, 0.5) is 5.82 Å². The second-order valence-electron chi connectivity index (χ2n) is 6.34. The summed E-state index contributed by atoms with van der Waals surface area (Å²) in [7, 11) is -0.233. The SMILES string of the molecule is COc1nc(N2CCC(CCP(O)O)CC2)cc2c1C(=O)NCC2. The summed E-state index contributed by atoms with van der Waals surface area (Å²) in [5.41, 5.74) is 1.55. The number of rotatable bonds is 5. The molecule has 0 bridgehead atoms. The number of methoxy groups -OCH3 is 1. The molecule has 3 N–H and O–H groups in total. The van der Waals surface area contributed by atoms with Crippen LogP contribution in [0.25, 0.3) is 0 Å². The number of piperidine rings is 1. The fraction of sp³-hybridized carbons (Fsp3) is 0.625. The highest BCUT2D eigenvalue weighted by Crippen LogP contribution is 2.33. The summed E-state index contributed by atoms with van der Waals surface area (Å²) in [5.74, 6) is 1.68. The van der Waals surface area contributed by atoms with Crippen LogP contribution < -0.4 is 15.0 Å². The normalized spacial score (nSPS) is 18.5. The summed E-state index contributed by atoms with van der Waals surface area (Å²) in [6.45, 7) is 2.42. The van der Waals surface area contributed by atoms with Crippen LogP contribution in [0.15, 0.2) is 6.07 Å². The van der Waals surface area contributed by atoms with Crippen LogP contribution in [0.1, 0.15) is 35.2 Å². The minimum absolute atomic E-state index is 0.115. The number of anilines is 1. The first-order valence-electron chi connectivity index (χ1n) is 8.35. The van der Waals surface area contributed by atoms with Crippen molar-refractivity contribution in [1.29, 1.82) is 0 Å². The van der Waals surface area contributed by atoms with Gasteiger partial charge in [0.15, 0.2) is 8.38 Å². The van der Waals surface area contributed by atoms with Crippen molar-refractivity contribution in [2.45, 2.75) is 25.7 Å². The van der Waals surface area contributed by atoms with E-state index in [2.05, 4.69) is 15.2 Å². The first-order valence-corrected chi connectivity index (χ1v) is 9.78. The highest BCUT2D eigenvalue weighted by molar-refractivity contribution is 7.45. The van der Waals surface area contributed by atoms with Crippen molar-refractivity contribution in [2.24, 2.45) is 5.92 Å². The van der Waals surface area contributed by atoms with Gasteiger partial charge in [-0.2, -0.15) is 4.98 Å². The van der Waals surface area contributed by atoms with Crippen LogP contribution in [-0.4, -0.2) is 53.6 Å². The molecule has 2 aliphatic heterocycles. The molecule has 1 aromatic rings. The molecule has 132 valence electrons. The standard InChI is InChI=1S/C16H24N3O4P/c1-23-16-14-12(2-6-17-15(14)20)10-13(18-16)19-7-3-11(4-8-19)5-9-24(21)22/h10-11,21-22H,2-9H2,1H3,(H,17,20). The largest absolute Gasteiger partial charge is 0.480 e. The number of fused-ring (bicyclic) bond motifs is 1. The molecule has 2 aliphatic rings. The zero-order chi connectivity index (χ0) is 17.1. The van der Waals surface area contributed by atoms with Gasteiger partial charge in [0.25, 0.3) is 5.91 Å². The fourth-order valence-corrected chi connectivity index (χ4v) is 4.05. The second-order valence-corrected chi connectivity index (χ2v) is 7.54. The number of carbonyl (C=O) groups excluding carboxylic acids is 1. The Morgan fingerprint density at radius 3 is 2.83 bits per heavy atom. The molecule has 0 spiro atoms. The lowest BCUT2D eigenvalue weighted by Gasteiger charge is -2.33. The third kappa shape index (κ3) is 3.79. The predicted molar refractivity (Wildman–Crippen MR) is 92.6 cm³/mol. The van der Waals surface area contributed by atoms with Gasteiger partial charge in [-0.1, -0.05) is 0 Å². The van der Waals surface area contributed by atoms with E-state index in [1.165, 1.54) is 0 Å². The van der Waals surface area contributed by atoms with Crippen LogP contribution in [0.5, 0.6) is 5.88 Å². The van der Waals surface area contributed by atoms with Crippen molar-refractivity contribution >= 4 is 20.1 Å². The molecule has 0 aliphatic carbocycles. The number of aromatic nitrogens is 1. The molecule has 7 nitrogen and oxygen atoms in total. The van der Waals surface area contributed by atoms with Crippen molar-refractivity contribution in [2.75, 3.05) is 37.8 Å². The zero-order valence-corrected chi connectivity index (χ0v) is 14.8. The number of ether oxygens (including phenoxy) is 1. The summed E-state index contributed by atoms with van der Waals surface area (Å²) < 4.78 is 5.35. The molecule has 0 atom stereocenters. The van der Waals surface area contributed by atoms with Gasteiger partial charge in [0.2, 0.25) is 5.88 Å². The summed E-state index contributed by atoms with van der Waals surface area (Å²) >= 11 is 0. The Morgan fingerprint density at radius 1 is 1.42 bits per heavy atom. The van der Waals surface area contributed by atoms with Crippen molar-refractivity contribution in [3.8, 4) is 5.88 Å². The molecule has 24 heavy (non-hydrogen) atoms. The third-order valence-electron chi connectivity index (χ3n) is 4.83. The van der Waals surface area contributed by atoms with E-state index in [1.807, 2.05) is 6.07 Å². The van der Waals surface area contributed by atoms with Crippen LogP contribution in [0.2, 0.25) is 0 Å². The Balaban J connectivity index is 1.71. The van der Waals surface area contributed by atoms with E-state index in [4.69, 9.17) is 14.5 Å². The number of hydrogen-bond acceptors (Lipinski definition) is 6. The van der Waals surface area contributed by atoms with E-state index in [-0.39, 0.29) is 5.91 Å². The third-order valence-corrected chi connectivity index (χ3v) is 5.49. The topological polar surface area (TPSA) is 94.9 Å². The molecular formula is C16H24N3O4P. The van der Waals surface area contributed by atoms with Crippen LogP contribution in [0, 0.1) is 5.92 Å². The van der Waals surface area contributed by atoms with E-state index >= 15 is 0 Å². The molecule has 8 heteroatoms. The van der Waals surface area contributed by atoms with Crippen LogP contribution in [0.3, 0.4) is 0 Å². The van der Waals surface area contributed by atoms with Crippen molar-refractivity contribution in [3.63, 3.8) is 0 Å². The van der Waals surface area contributed by atoms with E-state index < -0.39 is 8.38 Å². The highest BCUT2D eigenvalue weighted by atomic mass is 31.2. The summed E-state index contributed by atoms with van der Waals surface area (Å²) in [6.07, 6.45) is 4.20. The fourth-order valence-electron chi connectivity index (χ4n) is 3.46. The maximum atomic E-state index is 12.0. The molecule has 0 saturated carbocycles. The molecule has 0 aromatic carbocycles. The van der Waals surface area contributed by atoms with Gasteiger partial charge >= 0.3 is 0 Å². The lowest BCUT2D eigenvalue weighted by Crippen LogP contribution is -2.36. The summed E-state index contributed by atoms with van der Waals surface area (Å²) in [6, 6.07) is 2.01. The van der Waals surface area contributed by atoms with Gasteiger partial charge in [-0.05, 0) is 43.2 Å². The quantitative estimate of drug-likeness (QED) is 0.691. The van der Waals surface area contributed by atoms with E-state index in [9.17, 15) is 4.79 Å². The number of hydrogen-bond donors (Lipinski definition) is 3. The Hall–Kier alpha value is -1.43. The van der Waals surface area contributed by atoms with Crippen molar-refractivity contribution < 1.29 is 19.3 Å². The second kappa shape index (κ2) is 7.64. The van der Waals surface area contributed by atoms with Crippen molar-refractivity contribution in [3.05, 3.63) is 17.2 Å². The van der Waals surface area contributed by atoms with Gasteiger partial charge in [-0.3, -0.25) is 4.79 Å². The molecule has 3 heterocycles. The van der Waals surface area contributed by atoms with Gasteiger partial charge in [0.05, 0.1) is 7.11 Å². The molecule has 1 aromatic heterocycles. The first kappa shape index (κ1) is 17.4. The number of nitrogens with one attached hydrogen (secondary N) is 1. The molecule has 1 saturated heterocycles. The van der Waals surface area contributed by atoms with E-state index in [1.54, 1.807) is 7.11 Å². The molecule has 0 unspecified atom stereocenters. The number of carbonyl (C=O) groups is 1. The van der Waals surface area contributed by atoms with Crippen LogP contribution >= 0.6 is 8.38 Å². The minimum Gasteiger partial charge on any atom is -0.480 e. The highest BCUT2D eigenvalue weighted by Gasteiger charge is 2.26. The van der Waals surface area contributed by atoms with Crippen LogP contribution in [-0.2, 0) is 6.42 Å². The lowest BCUT2D eigenvalue weighted by molar-refractivity contribution is 0.0942. The van der Waals surface area contributed by atoms with Crippen molar-refractivity contribution in [1.82, 2.24) is 10.3 Å². The Kier molecular flexibility index (Phi) is 5.54. The lowest BCUT2D eigenvalue weighted by atomic mass is 9.94. The van der Waals surface area contributed by atoms with E-state index in [0.29, 0.717) is 30.1 Å². The smallest absolute Gasteiger partial charge is 0.257 e. The Morgan fingerprint density at radius 2 is 2.17 bits per heavy atom. The Bertz CT molecular complexity index is 586. The molecule has 3 rings (SSSR count). The summed E-state index contributed by atoms with van der Waals surface area (Å²) in [4.78, 5) is 36.9. The van der Waals surface area contributed by atoms with Gasteiger partial charge in [0.1, 0.15) is 11.4 Å². The minimum atomic E-state index is -1.78. The average Bonchev–Trinajstić information content (AvgIpc) is 2.59. The van der Waals surface area contributed by atoms with E-state index in [0.717, 1.165) is 50.2 Å². The van der Waals surface area contributed by atoms with Gasteiger partial charge < -0.3 is 24.7 Å². The maximum absolute atomic E-state index is 12.0. The first-order chi connectivity index (χ1) is 11.6. The molecule has 1 amide bonds. The number of amides is 1. The van der Waals surface area contributed by atoms with Gasteiger partial charge in [-0.25, -0.2) is 0 Å². The van der Waals surface area contributed by atoms with Gasteiger partial charge in [0, 0.05) is 25.8 Å². The zero-order valence-electron chi connectivity index (χ0n) is 13.9. The number of pyridine rings is 1. The molecule has 1 fully saturated rings. The molecular weight excluding hydrogens is 329 g/mol. The summed E-state index contributed by atoms with van der Waals surface area (Å²) in [5, 5.41) is 2.83. The Labute approximate surface area is 143 Å². The predicted octanol–water partition coefficient (Wildman–Crippen LogP) is 1.28. The average molecular weight is 353 g/mol. The molecule has 0 radical (unpaired) electrons. The monoisotopic (exact) mass is 353 g/mol. The maximum Gasteiger partial charge on any atom is 0.257 e. The van der Waals surface area contributed by atoms with Gasteiger partial charge in [-0.15, -0.1) is 0 Å². The number of nitrogens with zero attached hydrogens (tertiary/aromatic N) is 2.